The first-order valence-corrected chi connectivity index (χ1v) is 13.7. The molecule has 6 rings (SSSR count). The van der Waals surface area contributed by atoms with E-state index in [2.05, 4.69) is 34.0 Å². The number of para-hydroxylation sites is 2. The molecule has 40 heavy (non-hydrogen) atoms. The smallest absolute Gasteiger partial charge is 0.242 e. The van der Waals surface area contributed by atoms with Crippen LogP contribution in [0.15, 0.2) is 78.3 Å². The van der Waals surface area contributed by atoms with Crippen molar-refractivity contribution in [3.63, 3.8) is 0 Å². The van der Waals surface area contributed by atoms with Crippen LogP contribution in [0.2, 0.25) is 0 Å². The first-order valence-electron chi connectivity index (χ1n) is 13.7. The summed E-state index contributed by atoms with van der Waals surface area (Å²) in [5.74, 6) is 0.346. The molecule has 3 aliphatic rings. The number of fused-ring (bicyclic) bond motifs is 1. The number of nitrogens with one attached hydrogen (secondary N) is 1. The van der Waals surface area contributed by atoms with Crippen LogP contribution in [-0.4, -0.2) is 59.3 Å². The van der Waals surface area contributed by atoms with E-state index in [0.29, 0.717) is 50.5 Å². The van der Waals surface area contributed by atoms with E-state index in [4.69, 9.17) is 0 Å². The molecule has 1 aliphatic carbocycles. The number of allylic oxidation sites excluding steroid dienone is 1. The predicted octanol–water partition coefficient (Wildman–Crippen LogP) is 4.58. The summed E-state index contributed by atoms with van der Waals surface area (Å²) >= 11 is 0. The standard InChI is InChI=1S/C31H33FN6O2/c1-31(2)18-24-28(26(39)19-31)29(21-8-10-22(32)11-9-21)38(25-7-4-3-6-23(25)35-24)20-27(40)36-14-16-37(17-15-36)30-33-12-5-13-34-30/h3-13,29,35H,14-20H2,1-2H3. The largest absolute Gasteiger partial charge is 0.357 e. The summed E-state index contributed by atoms with van der Waals surface area (Å²) in [6, 6.07) is 15.4. The van der Waals surface area contributed by atoms with E-state index in [1.54, 1.807) is 30.6 Å². The Morgan fingerprint density at radius 3 is 2.40 bits per heavy atom. The summed E-state index contributed by atoms with van der Waals surface area (Å²) in [4.78, 5) is 42.3. The Morgan fingerprint density at radius 2 is 1.68 bits per heavy atom. The van der Waals surface area contributed by atoms with Gasteiger partial charge in [0.25, 0.3) is 0 Å². The molecule has 3 aromatic rings. The van der Waals surface area contributed by atoms with Crippen LogP contribution in [0.3, 0.4) is 0 Å². The normalized spacial score (nSPS) is 20.4. The van der Waals surface area contributed by atoms with Crippen LogP contribution in [-0.2, 0) is 9.59 Å². The maximum Gasteiger partial charge on any atom is 0.242 e. The van der Waals surface area contributed by atoms with Crippen LogP contribution in [0.5, 0.6) is 0 Å². The lowest BCUT2D eigenvalue weighted by atomic mass is 9.73. The number of anilines is 3. The Hall–Kier alpha value is -4.27. The highest BCUT2D eigenvalue weighted by Gasteiger charge is 2.42. The van der Waals surface area contributed by atoms with E-state index in [1.165, 1.54) is 12.1 Å². The topological polar surface area (TPSA) is 81.7 Å². The summed E-state index contributed by atoms with van der Waals surface area (Å²) in [5.41, 5.74) is 3.79. The van der Waals surface area contributed by atoms with Crippen molar-refractivity contribution < 1.29 is 14.0 Å². The molecule has 0 spiro atoms. The van der Waals surface area contributed by atoms with Gasteiger partial charge in [-0.3, -0.25) is 9.59 Å². The monoisotopic (exact) mass is 540 g/mol. The maximum absolute atomic E-state index is 14.0. The van der Waals surface area contributed by atoms with Crippen molar-refractivity contribution in [2.24, 2.45) is 5.41 Å². The van der Waals surface area contributed by atoms with Crippen molar-refractivity contribution in [1.82, 2.24) is 14.9 Å². The minimum Gasteiger partial charge on any atom is -0.357 e. The predicted molar refractivity (Wildman–Crippen MR) is 152 cm³/mol. The Labute approximate surface area is 233 Å². The number of rotatable bonds is 4. The first-order chi connectivity index (χ1) is 19.3. The van der Waals surface area contributed by atoms with Gasteiger partial charge in [0.05, 0.1) is 24.0 Å². The molecule has 1 N–H and O–H groups in total. The summed E-state index contributed by atoms with van der Waals surface area (Å²) in [6.07, 6.45) is 4.55. The molecule has 1 aromatic heterocycles. The maximum atomic E-state index is 14.0. The number of ketones is 1. The van der Waals surface area contributed by atoms with E-state index in [0.717, 1.165) is 22.6 Å². The number of carbonyl (C=O) groups is 2. The molecule has 1 amide bonds. The molecule has 2 aliphatic heterocycles. The van der Waals surface area contributed by atoms with Gasteiger partial charge in [-0.15, -0.1) is 0 Å². The SMILES string of the molecule is CC1(C)CC(=O)C2=C(C1)Nc1ccccc1N(CC(=O)N1CCN(c3ncccn3)CC1)C2c1ccc(F)cc1. The van der Waals surface area contributed by atoms with Crippen LogP contribution in [0.1, 0.15) is 38.3 Å². The number of hydrogen-bond donors (Lipinski definition) is 1. The Balaban J connectivity index is 1.35. The minimum atomic E-state index is -0.529. The van der Waals surface area contributed by atoms with E-state index in [1.807, 2.05) is 34.1 Å². The van der Waals surface area contributed by atoms with E-state index < -0.39 is 6.04 Å². The molecule has 0 bridgehead atoms. The number of Topliss-reactive ketones (excluding diaryl/α,β-unsaturated/α-hetero) is 1. The average molecular weight is 541 g/mol. The second-order valence-corrected chi connectivity index (χ2v) is 11.5. The van der Waals surface area contributed by atoms with Crippen molar-refractivity contribution in [2.45, 2.75) is 32.7 Å². The van der Waals surface area contributed by atoms with Gasteiger partial charge in [0.1, 0.15) is 5.82 Å². The van der Waals surface area contributed by atoms with Gasteiger partial charge in [-0.25, -0.2) is 14.4 Å². The fourth-order valence-electron chi connectivity index (χ4n) is 6.08. The highest BCUT2D eigenvalue weighted by Crippen LogP contribution is 2.48. The van der Waals surface area contributed by atoms with Gasteiger partial charge in [0.2, 0.25) is 11.9 Å². The van der Waals surface area contributed by atoms with Gasteiger partial charge >= 0.3 is 0 Å². The summed E-state index contributed by atoms with van der Waals surface area (Å²) in [6.45, 7) is 6.65. The molecule has 1 saturated heterocycles. The van der Waals surface area contributed by atoms with Crippen LogP contribution in [0, 0.1) is 11.2 Å². The quantitative estimate of drug-likeness (QED) is 0.519. The summed E-state index contributed by atoms with van der Waals surface area (Å²) in [7, 11) is 0. The molecule has 9 heteroatoms. The van der Waals surface area contributed by atoms with Crippen LogP contribution >= 0.6 is 0 Å². The molecule has 0 radical (unpaired) electrons. The van der Waals surface area contributed by atoms with Crippen LogP contribution < -0.4 is 15.1 Å². The lowest BCUT2D eigenvalue weighted by Gasteiger charge is -2.40. The Morgan fingerprint density at radius 1 is 0.975 bits per heavy atom. The lowest BCUT2D eigenvalue weighted by molar-refractivity contribution is -0.130. The molecule has 206 valence electrons. The summed E-state index contributed by atoms with van der Waals surface area (Å²) in [5, 5.41) is 3.56. The van der Waals surface area contributed by atoms with E-state index in [-0.39, 0.29) is 29.5 Å². The van der Waals surface area contributed by atoms with E-state index >= 15 is 0 Å². The highest BCUT2D eigenvalue weighted by atomic mass is 19.1. The van der Waals surface area contributed by atoms with Crippen molar-refractivity contribution in [1.29, 1.82) is 0 Å². The Kier molecular flexibility index (Phi) is 6.73. The van der Waals surface area contributed by atoms with Crippen molar-refractivity contribution in [3.8, 4) is 0 Å². The third-order valence-electron chi connectivity index (χ3n) is 7.96. The number of amides is 1. The molecular weight excluding hydrogens is 507 g/mol. The van der Waals surface area contributed by atoms with Crippen LogP contribution in [0.25, 0.3) is 0 Å². The number of carbonyl (C=O) groups excluding carboxylic acids is 2. The van der Waals surface area contributed by atoms with Gasteiger partial charge in [0, 0.05) is 56.3 Å². The van der Waals surface area contributed by atoms with Crippen molar-refractivity contribution in [3.05, 3.63) is 89.6 Å². The second kappa shape index (κ2) is 10.4. The highest BCUT2D eigenvalue weighted by molar-refractivity contribution is 6.01. The minimum absolute atomic E-state index is 0.0248. The van der Waals surface area contributed by atoms with Crippen molar-refractivity contribution >= 4 is 29.0 Å². The molecule has 8 nitrogen and oxygen atoms in total. The van der Waals surface area contributed by atoms with Crippen LogP contribution in [0.4, 0.5) is 21.7 Å². The molecule has 0 saturated carbocycles. The molecular formula is C31H33FN6O2. The number of piperazine rings is 1. The lowest BCUT2D eigenvalue weighted by Crippen LogP contribution is -2.52. The molecule has 1 atom stereocenters. The fraction of sp³-hybridized carbons (Fsp3) is 0.355. The van der Waals surface area contributed by atoms with E-state index in [9.17, 15) is 14.0 Å². The van der Waals surface area contributed by atoms with Gasteiger partial charge in [-0.1, -0.05) is 38.1 Å². The zero-order chi connectivity index (χ0) is 27.9. The van der Waals surface area contributed by atoms with Gasteiger partial charge in [0.15, 0.2) is 5.78 Å². The second-order valence-electron chi connectivity index (χ2n) is 11.5. The molecule has 2 aromatic carbocycles. The van der Waals surface area contributed by atoms with Gasteiger partial charge in [-0.05, 0) is 47.7 Å². The third kappa shape index (κ3) is 5.03. The molecule has 3 heterocycles. The number of halogens is 1. The zero-order valence-electron chi connectivity index (χ0n) is 22.8. The molecule has 1 unspecified atom stereocenters. The van der Waals surface area contributed by atoms with Gasteiger partial charge < -0.3 is 20.0 Å². The average Bonchev–Trinajstić information content (AvgIpc) is 3.08. The zero-order valence-corrected chi connectivity index (χ0v) is 22.8. The third-order valence-corrected chi connectivity index (χ3v) is 7.96. The number of aromatic nitrogens is 2. The first kappa shape index (κ1) is 26.0. The Bertz CT molecular complexity index is 1450. The van der Waals surface area contributed by atoms with Gasteiger partial charge in [-0.2, -0.15) is 0 Å². The van der Waals surface area contributed by atoms with Crippen molar-refractivity contribution in [2.75, 3.05) is 47.8 Å². The number of nitrogens with zero attached hydrogens (tertiary/aromatic N) is 5. The summed E-state index contributed by atoms with van der Waals surface area (Å²) < 4.78 is 14.0. The number of benzene rings is 2. The number of hydrogen-bond acceptors (Lipinski definition) is 7. The molecule has 1 fully saturated rings. The fourth-order valence-corrected chi connectivity index (χ4v) is 6.08.